The molecule has 3 amide bonds. The van der Waals surface area contributed by atoms with Crippen molar-refractivity contribution in [1.29, 1.82) is 0 Å². The van der Waals surface area contributed by atoms with Crippen LogP contribution in [0.2, 0.25) is 0 Å². The van der Waals surface area contributed by atoms with E-state index in [1.54, 1.807) is 30.9 Å². The molecule has 1 aromatic heterocycles. The summed E-state index contributed by atoms with van der Waals surface area (Å²) in [6.07, 6.45) is 12.9. The zero-order chi connectivity index (χ0) is 54.0. The summed E-state index contributed by atoms with van der Waals surface area (Å²) < 4.78 is 33.3. The van der Waals surface area contributed by atoms with Crippen molar-refractivity contribution in [2.75, 3.05) is 33.0 Å². The molecule has 1 aromatic carbocycles. The lowest BCUT2D eigenvalue weighted by molar-refractivity contribution is -0.322. The van der Waals surface area contributed by atoms with Crippen LogP contribution >= 0.6 is 15.9 Å². The van der Waals surface area contributed by atoms with Crippen LogP contribution in [-0.2, 0) is 45.2 Å². The molecule has 3 saturated heterocycles. The molecular formula is C54H72BrN5O13S. The molecule has 0 bridgehead atoms. The number of amides is 3. The third kappa shape index (κ3) is 8.60. The Labute approximate surface area is 440 Å². The maximum atomic E-state index is 14.4. The van der Waals surface area contributed by atoms with E-state index in [2.05, 4.69) is 50.2 Å². The predicted molar refractivity (Wildman–Crippen MR) is 277 cm³/mol. The fourth-order valence-electron chi connectivity index (χ4n) is 15.1. The topological polar surface area (TPSA) is 267 Å². The maximum Gasteiger partial charge on any atom is 0.281 e. The highest BCUT2D eigenvalue weighted by molar-refractivity contribution is 9.10. The van der Waals surface area contributed by atoms with Crippen LogP contribution in [0, 0.1) is 46.3 Å². The summed E-state index contributed by atoms with van der Waals surface area (Å²) >= 11 is 3.70. The van der Waals surface area contributed by atoms with Crippen molar-refractivity contribution in [3.8, 4) is 0 Å². The number of allylic oxidation sites excluding steroid dienone is 4. The molecule has 4 aliphatic heterocycles. The second-order valence-electron chi connectivity index (χ2n) is 23.6. The van der Waals surface area contributed by atoms with Crippen molar-refractivity contribution in [3.05, 3.63) is 63.8 Å². The summed E-state index contributed by atoms with van der Waals surface area (Å²) in [5.74, 6) is -4.24. The number of nitrogens with zero attached hydrogens (tertiary/aromatic N) is 3. The smallest absolute Gasteiger partial charge is 0.281 e. The Bertz CT molecular complexity index is 2880. The predicted octanol–water partition coefficient (Wildman–Crippen LogP) is 4.25. The van der Waals surface area contributed by atoms with Gasteiger partial charge >= 0.3 is 0 Å². The van der Waals surface area contributed by atoms with E-state index in [1.807, 2.05) is 46.0 Å². The minimum absolute atomic E-state index is 0.00912. The summed E-state index contributed by atoms with van der Waals surface area (Å²) in [6, 6.07) is 4.76. The number of aliphatic hydroxyl groups is 4. The second-order valence-corrected chi connectivity index (χ2v) is 25.9. The molecule has 13 atom stereocenters. The molecule has 6 fully saturated rings. The van der Waals surface area contributed by atoms with Crippen LogP contribution in [0.1, 0.15) is 104 Å². The van der Waals surface area contributed by atoms with E-state index in [0.717, 1.165) is 58.9 Å². The average molecular weight is 1110 g/mol. The highest BCUT2D eigenvalue weighted by Gasteiger charge is 2.72. The van der Waals surface area contributed by atoms with Gasteiger partial charge in [-0.15, -0.1) is 0 Å². The number of carbonyl (C=O) groups is 5. The minimum Gasteiger partial charge on any atom is -0.393 e. The molecule has 0 spiro atoms. The molecule has 18 nitrogen and oxygen atoms in total. The van der Waals surface area contributed by atoms with Crippen LogP contribution < -0.4 is 5.32 Å². The van der Waals surface area contributed by atoms with Crippen LogP contribution in [-0.4, -0.2) is 157 Å². The third-order valence-corrected chi connectivity index (χ3v) is 19.2. The minimum atomic E-state index is -3.67. The van der Waals surface area contributed by atoms with Gasteiger partial charge in [-0.2, -0.15) is 8.42 Å². The van der Waals surface area contributed by atoms with Crippen molar-refractivity contribution in [3.63, 3.8) is 0 Å². The molecule has 0 radical (unpaired) electrons. The first kappa shape index (κ1) is 54.7. The van der Waals surface area contributed by atoms with Crippen LogP contribution in [0.25, 0.3) is 16.5 Å². The number of ketones is 2. The molecule has 5 aliphatic carbocycles. The van der Waals surface area contributed by atoms with Gasteiger partial charge in [-0.1, -0.05) is 71.4 Å². The van der Waals surface area contributed by atoms with E-state index in [4.69, 9.17) is 9.29 Å². The van der Waals surface area contributed by atoms with Gasteiger partial charge in [0.25, 0.3) is 21.9 Å². The van der Waals surface area contributed by atoms with E-state index in [-0.39, 0.29) is 52.7 Å². The number of fused-ring (bicyclic) bond motifs is 10. The number of likely N-dealkylation sites (N-methyl/N-ethyl adjacent to an activating group) is 1. The number of hydrogen-bond acceptors (Lipinski definition) is 13. The van der Waals surface area contributed by atoms with Crippen molar-refractivity contribution in [2.24, 2.45) is 46.3 Å². The van der Waals surface area contributed by atoms with Gasteiger partial charge in [0.15, 0.2) is 11.6 Å². The number of ether oxygens (including phenoxy) is 1. The molecule has 9 aliphatic rings. The monoisotopic (exact) mass is 1110 g/mol. The number of rotatable bonds is 7. The van der Waals surface area contributed by atoms with Crippen LogP contribution in [0.4, 0.5) is 0 Å². The van der Waals surface area contributed by atoms with Crippen molar-refractivity contribution < 1.29 is 62.1 Å². The highest BCUT2D eigenvalue weighted by atomic mass is 79.9. The molecule has 7 N–H and O–H groups in total. The fourth-order valence-corrected chi connectivity index (χ4v) is 15.6. The number of piperazine rings is 1. The van der Waals surface area contributed by atoms with Crippen LogP contribution in [0.3, 0.4) is 0 Å². The number of H-pyrrole nitrogens is 1. The average Bonchev–Trinajstić information content (AvgIpc) is 4.07. The number of hydrogen-bond donors (Lipinski definition) is 7. The van der Waals surface area contributed by atoms with E-state index in [1.165, 1.54) is 15.8 Å². The second kappa shape index (κ2) is 19.1. The van der Waals surface area contributed by atoms with Gasteiger partial charge in [0.1, 0.15) is 24.3 Å². The first-order valence-corrected chi connectivity index (χ1v) is 28.7. The molecule has 5 heterocycles. The SMILES string of the molecule is CC(C)C[C@H]1C(=O)N2CCC[C@H]2[C@]2(O)O[C@](NC(=O)[C@@H]3C=C4c5cccc6[nH]c(Br)c(c56)C[C@H]4N(C)C3)(C(C)C)C(=O)N12.CS(=O)(=O)O.C[C@]12C=CC(=O)C=C1CC[C@@H]1[C@@H]2[C@@H](O)C[C@@]2(C)[C@H]1CC[C@]2(O)C(=O)CO. The molecule has 0 unspecified atom stereocenters. The van der Waals surface area contributed by atoms with Gasteiger partial charge in [0.2, 0.25) is 17.5 Å². The first-order chi connectivity index (χ1) is 34.5. The van der Waals surface area contributed by atoms with E-state index in [9.17, 15) is 52.8 Å². The van der Waals surface area contributed by atoms with Crippen molar-refractivity contribution in [2.45, 2.75) is 141 Å². The van der Waals surface area contributed by atoms with Gasteiger partial charge in [-0.3, -0.25) is 43.1 Å². The Balaban J connectivity index is 0.000000184. The Morgan fingerprint density at radius 1 is 1.07 bits per heavy atom. The van der Waals surface area contributed by atoms with Gasteiger partial charge < -0.3 is 35.6 Å². The van der Waals surface area contributed by atoms with Gasteiger partial charge in [0.05, 0.1) is 22.9 Å². The molecule has 20 heteroatoms. The van der Waals surface area contributed by atoms with Crippen LogP contribution in [0.5, 0.6) is 0 Å². The maximum absolute atomic E-state index is 14.4. The lowest BCUT2D eigenvalue weighted by Gasteiger charge is -2.59. The van der Waals surface area contributed by atoms with Crippen molar-refractivity contribution >= 4 is 71.8 Å². The third-order valence-electron chi connectivity index (χ3n) is 18.5. The lowest BCUT2D eigenvalue weighted by atomic mass is 9.46. The number of nitrogens with one attached hydrogen (secondary N) is 2. The Morgan fingerprint density at radius 3 is 2.43 bits per heavy atom. The van der Waals surface area contributed by atoms with Gasteiger partial charge in [-0.05, 0) is 133 Å². The summed E-state index contributed by atoms with van der Waals surface area (Å²) in [5.41, 5.74) is 1.13. The van der Waals surface area contributed by atoms with Crippen molar-refractivity contribution in [1.82, 2.24) is 25.0 Å². The van der Waals surface area contributed by atoms with Gasteiger partial charge in [0, 0.05) is 52.7 Å². The number of Topliss-reactive ketones (excluding diaryl/α,β-unsaturated/α-hetero) is 1. The molecular weight excluding hydrogens is 1040 g/mol. The largest absolute Gasteiger partial charge is 0.393 e. The molecule has 2 aromatic rings. The number of halogens is 1. The molecule has 11 rings (SSSR count). The van der Waals surface area contributed by atoms with E-state index < -0.39 is 81.1 Å². The zero-order valence-corrected chi connectivity index (χ0v) is 45.8. The number of aliphatic hydroxyl groups excluding tert-OH is 2. The number of aromatic amines is 1. The van der Waals surface area contributed by atoms with E-state index in [0.29, 0.717) is 45.0 Å². The highest BCUT2D eigenvalue weighted by Crippen LogP contribution is 2.67. The quantitative estimate of drug-likeness (QED) is 0.191. The Morgan fingerprint density at radius 2 is 1.77 bits per heavy atom. The number of benzene rings is 1. The van der Waals surface area contributed by atoms with Crippen LogP contribution in [0.15, 0.2) is 52.7 Å². The Kier molecular flexibility index (Phi) is 14.1. The molecule has 74 heavy (non-hydrogen) atoms. The fraction of sp³-hybridized carbons (Fsp3) is 0.648. The molecule has 3 saturated carbocycles. The summed E-state index contributed by atoms with van der Waals surface area (Å²) in [7, 11) is -1.64. The number of carbonyl (C=O) groups excluding carboxylic acids is 5. The van der Waals surface area contributed by atoms with Gasteiger partial charge in [-0.25, -0.2) is 0 Å². The van der Waals surface area contributed by atoms with E-state index >= 15 is 0 Å². The summed E-state index contributed by atoms with van der Waals surface area (Å²) in [6.45, 7) is 11.9. The zero-order valence-electron chi connectivity index (χ0n) is 43.4. The molecule has 404 valence electrons. The Hall–Kier alpha value is -4.12. The standard InChI is InChI=1S/C32H40BrN5O5.C21H28O5.CH4O3S/c1-16(2)12-24-29(40)37-11-7-10-25(37)32(42)38(24)30(41)31(43-32,17(3)4)35-28(39)18-13-20-19-8-6-9-22-26(19)21(27(33)34-22)14-23(20)36(5)15-18;1-19-7-5-13(23)9-12(19)3-4-14-15-6-8-21(26,17(25)11-22)20(15,2)10-16(24)18(14)19;1-5(2,3)4/h6,8-9,13,16-18,23-25,34,42H,7,10-12,14-15H2,1-5H3,(H,35,39);5,7,9,14-16,18,22,24,26H,3-4,6,8,10-11H2,1-2H3;1H3,(H,2,3,4)/t18-,23-,24+,25+,31-,32+;14-,15-,16-,18+,19-,20-,21-;/m10./s1. The number of aromatic nitrogens is 1. The lowest BCUT2D eigenvalue weighted by Crippen LogP contribution is -2.71. The first-order valence-electron chi connectivity index (χ1n) is 26.1. The summed E-state index contributed by atoms with van der Waals surface area (Å²) in [5, 5.41) is 48.0. The normalized spacial score (nSPS) is 37.9. The summed E-state index contributed by atoms with van der Waals surface area (Å²) in [4.78, 5) is 75.0.